The van der Waals surface area contributed by atoms with Crippen molar-refractivity contribution in [2.75, 3.05) is 19.0 Å². The molecular weight excluding hydrogens is 138 g/mol. The Morgan fingerprint density at radius 2 is 1.73 bits per heavy atom. The van der Waals surface area contributed by atoms with E-state index in [-0.39, 0.29) is 0 Å². The molecule has 0 aliphatic carbocycles. The van der Waals surface area contributed by atoms with E-state index in [9.17, 15) is 4.79 Å². The largest absolute Gasteiger partial charge is 0.376 e. The fourth-order valence-corrected chi connectivity index (χ4v) is 0.828. The second-order valence-electron chi connectivity index (χ2n) is 2.54. The Bertz CT molecular complexity index is 238. The molecule has 0 spiro atoms. The Balaban J connectivity index is 2.91. The molecule has 0 fully saturated rings. The number of carbonyl (C=O) groups excluding carboxylic acids is 1. The Morgan fingerprint density at radius 1 is 1.18 bits per heavy atom. The molecule has 0 radical (unpaired) electrons. The molecule has 0 unspecified atom stereocenters. The van der Waals surface area contributed by atoms with Crippen LogP contribution in [0.4, 0.5) is 5.69 Å². The molecule has 0 amide bonds. The third-order valence-corrected chi connectivity index (χ3v) is 1.50. The third kappa shape index (κ3) is 1.76. The summed E-state index contributed by atoms with van der Waals surface area (Å²) in [7, 11) is 3.92. The fourth-order valence-electron chi connectivity index (χ4n) is 0.828. The lowest BCUT2D eigenvalue weighted by atomic mass is 10.2. The summed E-state index contributed by atoms with van der Waals surface area (Å²) in [6.07, 6.45) is 1.82. The van der Waals surface area contributed by atoms with Crippen molar-refractivity contribution < 1.29 is 4.79 Å². The molecular formula is C9H10NO+. The molecule has 1 aromatic rings. The molecule has 0 aliphatic rings. The third-order valence-electron chi connectivity index (χ3n) is 1.50. The lowest BCUT2D eigenvalue weighted by molar-refractivity contribution is 0.563. The Hall–Kier alpha value is -1.40. The van der Waals surface area contributed by atoms with Gasteiger partial charge in [0.2, 0.25) is 5.56 Å². The molecule has 1 aromatic carbocycles. The number of rotatable bonds is 2. The van der Waals surface area contributed by atoms with E-state index in [0.29, 0.717) is 5.56 Å². The Morgan fingerprint density at radius 3 is 2.09 bits per heavy atom. The number of nitrogens with zero attached hydrogens (tertiary/aromatic N) is 1. The van der Waals surface area contributed by atoms with Gasteiger partial charge in [0.1, 0.15) is 0 Å². The first kappa shape index (κ1) is 7.70. The molecule has 0 atom stereocenters. The van der Waals surface area contributed by atoms with Crippen LogP contribution in [0.5, 0.6) is 0 Å². The van der Waals surface area contributed by atoms with E-state index in [1.165, 1.54) is 0 Å². The van der Waals surface area contributed by atoms with Gasteiger partial charge < -0.3 is 4.90 Å². The van der Waals surface area contributed by atoms with Gasteiger partial charge in [-0.25, -0.2) is 0 Å². The summed E-state index contributed by atoms with van der Waals surface area (Å²) in [6, 6.07) is 7.28. The molecule has 1 rings (SSSR count). The second kappa shape index (κ2) is 3.13. The molecule has 2 heteroatoms. The van der Waals surface area contributed by atoms with Gasteiger partial charge in [-0.3, -0.25) is 0 Å². The van der Waals surface area contributed by atoms with Crippen LogP contribution in [0.25, 0.3) is 0 Å². The average Bonchev–Trinajstić information content (AvgIpc) is 2.05. The van der Waals surface area contributed by atoms with E-state index in [4.69, 9.17) is 0 Å². The van der Waals surface area contributed by atoms with Crippen LogP contribution in [0.15, 0.2) is 24.3 Å². The van der Waals surface area contributed by atoms with Crippen molar-refractivity contribution in [2.45, 2.75) is 0 Å². The van der Waals surface area contributed by atoms with Gasteiger partial charge in [-0.05, 0) is 0 Å². The van der Waals surface area contributed by atoms with Crippen molar-refractivity contribution in [3.8, 4) is 0 Å². The normalized spacial score (nSPS) is 8.91. The smallest absolute Gasteiger partial charge is 0.303 e. The van der Waals surface area contributed by atoms with Crippen LogP contribution in [-0.4, -0.2) is 20.4 Å². The predicted octanol–water partition coefficient (Wildman–Crippen LogP) is 1.21. The highest BCUT2D eigenvalue weighted by molar-refractivity contribution is 5.76. The summed E-state index contributed by atoms with van der Waals surface area (Å²) in [4.78, 5) is 12.1. The average molecular weight is 148 g/mol. The summed E-state index contributed by atoms with van der Waals surface area (Å²) in [5.74, 6) is 0. The van der Waals surface area contributed by atoms with Gasteiger partial charge in [0.15, 0.2) is 0 Å². The van der Waals surface area contributed by atoms with Crippen molar-refractivity contribution in [3.05, 3.63) is 29.8 Å². The van der Waals surface area contributed by atoms with Gasteiger partial charge in [0, 0.05) is 26.2 Å². The Kier molecular flexibility index (Phi) is 2.19. The van der Waals surface area contributed by atoms with Gasteiger partial charge in [-0.1, -0.05) is 0 Å². The minimum Gasteiger partial charge on any atom is -0.376 e. The minimum atomic E-state index is 0.593. The van der Waals surface area contributed by atoms with Crippen LogP contribution < -0.4 is 4.90 Å². The molecule has 0 saturated heterocycles. The molecule has 0 heterocycles. The quantitative estimate of drug-likeness (QED) is 0.587. The lowest BCUT2D eigenvalue weighted by Gasteiger charge is -2.08. The van der Waals surface area contributed by atoms with Crippen molar-refractivity contribution in [1.82, 2.24) is 0 Å². The summed E-state index contributed by atoms with van der Waals surface area (Å²) in [5.41, 5.74) is 1.68. The van der Waals surface area contributed by atoms with Gasteiger partial charge in [-0.15, -0.1) is 4.79 Å². The highest BCUT2D eigenvalue weighted by Crippen LogP contribution is 2.10. The van der Waals surface area contributed by atoms with Gasteiger partial charge in [0.05, 0.1) is 17.8 Å². The van der Waals surface area contributed by atoms with Crippen LogP contribution in [-0.2, 0) is 4.79 Å². The number of hydrogen-bond donors (Lipinski definition) is 0. The SMILES string of the molecule is CN(C)c1ccc([C+]=O)cc1. The van der Waals surface area contributed by atoms with Crippen LogP contribution in [0.1, 0.15) is 5.56 Å². The highest BCUT2D eigenvalue weighted by Gasteiger charge is 2.02. The number of benzene rings is 1. The number of hydrogen-bond acceptors (Lipinski definition) is 2. The second-order valence-corrected chi connectivity index (χ2v) is 2.54. The summed E-state index contributed by atoms with van der Waals surface area (Å²) >= 11 is 0. The van der Waals surface area contributed by atoms with E-state index < -0.39 is 0 Å². The zero-order valence-corrected chi connectivity index (χ0v) is 6.66. The van der Waals surface area contributed by atoms with Crippen LogP contribution in [0, 0.1) is 0 Å². The van der Waals surface area contributed by atoms with E-state index >= 15 is 0 Å². The van der Waals surface area contributed by atoms with Crippen molar-refractivity contribution in [2.24, 2.45) is 0 Å². The first-order valence-electron chi connectivity index (χ1n) is 3.39. The minimum absolute atomic E-state index is 0.593. The zero-order chi connectivity index (χ0) is 8.27. The van der Waals surface area contributed by atoms with E-state index in [0.717, 1.165) is 5.69 Å². The molecule has 56 valence electrons. The van der Waals surface area contributed by atoms with Crippen molar-refractivity contribution >= 4 is 12.0 Å². The Labute approximate surface area is 66.4 Å². The molecule has 0 aromatic heterocycles. The summed E-state index contributed by atoms with van der Waals surface area (Å²) in [5, 5.41) is 0. The molecule has 11 heavy (non-hydrogen) atoms. The predicted molar refractivity (Wildman–Crippen MR) is 45.6 cm³/mol. The molecule has 0 aliphatic heterocycles. The molecule has 0 saturated carbocycles. The topological polar surface area (TPSA) is 20.3 Å². The maximum absolute atomic E-state index is 10.1. The van der Waals surface area contributed by atoms with E-state index in [1.54, 1.807) is 12.1 Å². The van der Waals surface area contributed by atoms with Crippen LogP contribution >= 0.6 is 0 Å². The molecule has 2 nitrogen and oxygen atoms in total. The zero-order valence-electron chi connectivity index (χ0n) is 6.66. The maximum Gasteiger partial charge on any atom is 0.303 e. The van der Waals surface area contributed by atoms with Crippen LogP contribution in [0.3, 0.4) is 0 Å². The van der Waals surface area contributed by atoms with Gasteiger partial charge in [-0.2, -0.15) is 0 Å². The van der Waals surface area contributed by atoms with Crippen LogP contribution in [0.2, 0.25) is 0 Å². The van der Waals surface area contributed by atoms with Crippen molar-refractivity contribution in [3.63, 3.8) is 0 Å². The highest BCUT2D eigenvalue weighted by atomic mass is 16.1. The van der Waals surface area contributed by atoms with E-state index in [2.05, 4.69) is 0 Å². The molecule has 0 N–H and O–H groups in total. The first-order valence-corrected chi connectivity index (χ1v) is 3.39. The lowest BCUT2D eigenvalue weighted by Crippen LogP contribution is -2.08. The standard InChI is InChI=1S/C9H10NO/c1-10(2)9-5-3-8(7-11)4-6-9/h3-6H,1-2H3/q+1. The summed E-state index contributed by atoms with van der Waals surface area (Å²) in [6.45, 7) is 0. The van der Waals surface area contributed by atoms with Gasteiger partial charge in [0.25, 0.3) is 0 Å². The van der Waals surface area contributed by atoms with Crippen molar-refractivity contribution in [1.29, 1.82) is 0 Å². The first-order chi connectivity index (χ1) is 5.24. The fraction of sp³-hybridized carbons (Fsp3) is 0.222. The monoisotopic (exact) mass is 148 g/mol. The van der Waals surface area contributed by atoms with E-state index in [1.807, 2.05) is 37.4 Å². The summed E-state index contributed by atoms with van der Waals surface area (Å²) < 4.78 is 0. The van der Waals surface area contributed by atoms with Gasteiger partial charge >= 0.3 is 6.29 Å². The molecule has 0 bridgehead atoms. The number of anilines is 1. The maximum atomic E-state index is 10.1.